The van der Waals surface area contributed by atoms with Crippen LogP contribution >= 0.6 is 0 Å². The molecule has 1 atom stereocenters. The molecular weight excluding hydrogens is 412 g/mol. The highest BCUT2D eigenvalue weighted by Crippen LogP contribution is 2.41. The lowest BCUT2D eigenvalue weighted by Gasteiger charge is -2.27. The van der Waals surface area contributed by atoms with Gasteiger partial charge in [-0.3, -0.25) is 14.7 Å². The number of aromatic nitrogens is 1. The lowest BCUT2D eigenvalue weighted by Crippen LogP contribution is -2.41. The molecule has 1 aliphatic heterocycles. The summed E-state index contributed by atoms with van der Waals surface area (Å²) in [5.74, 6) is -2.14. The number of likely N-dealkylation sites (N-methyl/N-ethyl adjacent to an activating group) is 1. The van der Waals surface area contributed by atoms with E-state index in [-0.39, 0.29) is 28.2 Å². The fourth-order valence-electron chi connectivity index (χ4n) is 3.61. The van der Waals surface area contributed by atoms with Crippen LogP contribution in [0.15, 0.2) is 65.8 Å². The first-order valence-corrected chi connectivity index (χ1v) is 9.18. The Morgan fingerprint density at radius 2 is 1.65 bits per heavy atom. The summed E-state index contributed by atoms with van der Waals surface area (Å²) in [7, 11) is 1.39. The van der Waals surface area contributed by atoms with Crippen LogP contribution in [0.2, 0.25) is 0 Å². The third-order valence-electron chi connectivity index (χ3n) is 5.21. The number of benzene rings is 2. The second kappa shape index (κ2) is 7.50. The SMILES string of the molecule is CN1C(=O)C(c2ccnc(C(F)F)c2)(c2ccc(F)c(-c3ccccc3F)c2)N=C1N. The molecule has 0 spiro atoms. The Labute approximate surface area is 174 Å². The number of amides is 1. The smallest absolute Gasteiger partial charge is 0.280 e. The maximum atomic E-state index is 14.6. The molecule has 3 aromatic rings. The molecule has 0 bridgehead atoms. The lowest BCUT2D eigenvalue weighted by molar-refractivity contribution is -0.129. The molecule has 5 nitrogen and oxygen atoms in total. The summed E-state index contributed by atoms with van der Waals surface area (Å²) in [5, 5.41) is 0. The predicted molar refractivity (Wildman–Crippen MR) is 106 cm³/mol. The van der Waals surface area contributed by atoms with Crippen LogP contribution in [0, 0.1) is 11.6 Å². The number of guanidine groups is 1. The summed E-state index contributed by atoms with van der Waals surface area (Å²) in [6.07, 6.45) is -1.74. The lowest BCUT2D eigenvalue weighted by atomic mass is 9.81. The normalized spacial score (nSPS) is 18.6. The molecule has 1 amide bonds. The molecule has 158 valence electrons. The van der Waals surface area contributed by atoms with Crippen molar-refractivity contribution < 1.29 is 22.4 Å². The topological polar surface area (TPSA) is 71.6 Å². The van der Waals surface area contributed by atoms with Gasteiger partial charge in [0, 0.05) is 24.4 Å². The average Bonchev–Trinajstić information content (AvgIpc) is 2.99. The van der Waals surface area contributed by atoms with E-state index in [1.165, 1.54) is 43.4 Å². The van der Waals surface area contributed by atoms with Crippen molar-refractivity contribution in [2.75, 3.05) is 7.05 Å². The van der Waals surface area contributed by atoms with E-state index in [2.05, 4.69) is 9.98 Å². The molecule has 0 fully saturated rings. The van der Waals surface area contributed by atoms with E-state index < -0.39 is 35.2 Å². The van der Waals surface area contributed by atoms with Crippen molar-refractivity contribution in [3.05, 3.63) is 89.2 Å². The van der Waals surface area contributed by atoms with Crippen molar-refractivity contribution in [1.82, 2.24) is 9.88 Å². The molecule has 2 heterocycles. The minimum absolute atomic E-state index is 0.0178. The Bertz CT molecular complexity index is 1210. The molecule has 31 heavy (non-hydrogen) atoms. The van der Waals surface area contributed by atoms with Gasteiger partial charge < -0.3 is 5.73 Å². The van der Waals surface area contributed by atoms with Crippen LogP contribution in [0.3, 0.4) is 0 Å². The second-order valence-corrected chi connectivity index (χ2v) is 6.99. The molecule has 2 aromatic carbocycles. The Hall–Kier alpha value is -3.75. The second-order valence-electron chi connectivity index (χ2n) is 6.99. The van der Waals surface area contributed by atoms with Gasteiger partial charge in [-0.05, 0) is 41.5 Å². The number of rotatable bonds is 4. The largest absolute Gasteiger partial charge is 0.369 e. The highest BCUT2D eigenvalue weighted by Gasteiger charge is 2.50. The number of carbonyl (C=O) groups excluding carboxylic acids is 1. The van der Waals surface area contributed by atoms with Crippen molar-refractivity contribution in [1.29, 1.82) is 0 Å². The van der Waals surface area contributed by atoms with E-state index in [1.807, 2.05) is 0 Å². The number of nitrogens with two attached hydrogens (primary N) is 1. The average molecular weight is 428 g/mol. The van der Waals surface area contributed by atoms with Crippen LogP contribution in [-0.2, 0) is 10.3 Å². The molecule has 9 heteroatoms. The van der Waals surface area contributed by atoms with Gasteiger partial charge in [0.25, 0.3) is 12.3 Å². The van der Waals surface area contributed by atoms with E-state index in [4.69, 9.17) is 5.73 Å². The molecule has 2 N–H and O–H groups in total. The molecule has 4 rings (SSSR count). The highest BCUT2D eigenvalue weighted by atomic mass is 19.3. The standard InChI is InChI=1S/C22H16F4N4O/c1-30-20(31)22(29-21(30)27,13-8-9-28-18(11-13)19(25)26)12-6-7-17(24)15(10-12)14-4-2-3-5-16(14)23/h2-11,19H,1H3,(H2,27,29). The van der Waals surface area contributed by atoms with E-state index in [0.717, 1.165) is 23.2 Å². The number of aliphatic imine (C=N–C) groups is 1. The quantitative estimate of drug-likeness (QED) is 0.639. The maximum absolute atomic E-state index is 14.6. The van der Waals surface area contributed by atoms with Crippen molar-refractivity contribution in [3.8, 4) is 11.1 Å². The Morgan fingerprint density at radius 1 is 0.968 bits per heavy atom. The number of hydrogen-bond acceptors (Lipinski definition) is 4. The van der Waals surface area contributed by atoms with Crippen LogP contribution in [0.25, 0.3) is 11.1 Å². The third-order valence-corrected chi connectivity index (χ3v) is 5.21. The van der Waals surface area contributed by atoms with E-state index >= 15 is 0 Å². The first-order chi connectivity index (χ1) is 14.8. The summed E-state index contributed by atoms with van der Waals surface area (Å²) in [5.41, 5.74) is 3.59. The molecular formula is C22H16F4N4O. The van der Waals surface area contributed by atoms with Gasteiger partial charge in [0.05, 0.1) is 0 Å². The predicted octanol–water partition coefficient (Wildman–Crippen LogP) is 3.99. The van der Waals surface area contributed by atoms with E-state index in [1.54, 1.807) is 6.07 Å². The number of alkyl halides is 2. The third kappa shape index (κ3) is 3.22. The summed E-state index contributed by atoms with van der Waals surface area (Å²) < 4.78 is 55.6. The molecule has 0 radical (unpaired) electrons. The van der Waals surface area contributed by atoms with Crippen LogP contribution in [0.1, 0.15) is 23.2 Å². The van der Waals surface area contributed by atoms with Gasteiger partial charge in [0.1, 0.15) is 17.3 Å². The fourth-order valence-corrected chi connectivity index (χ4v) is 3.61. The minimum atomic E-state index is -2.88. The molecule has 1 aromatic heterocycles. The first-order valence-electron chi connectivity index (χ1n) is 9.18. The Balaban J connectivity index is 1.99. The van der Waals surface area contributed by atoms with Gasteiger partial charge >= 0.3 is 0 Å². The molecule has 1 aliphatic rings. The zero-order valence-corrected chi connectivity index (χ0v) is 16.2. The maximum Gasteiger partial charge on any atom is 0.280 e. The van der Waals surface area contributed by atoms with Gasteiger partial charge in [-0.25, -0.2) is 22.6 Å². The van der Waals surface area contributed by atoms with E-state index in [9.17, 15) is 22.4 Å². The Morgan fingerprint density at radius 3 is 2.29 bits per heavy atom. The monoisotopic (exact) mass is 428 g/mol. The summed E-state index contributed by atoms with van der Waals surface area (Å²) in [6.45, 7) is 0. The summed E-state index contributed by atoms with van der Waals surface area (Å²) in [6, 6.07) is 11.7. The number of hydrogen-bond donors (Lipinski definition) is 1. The zero-order chi connectivity index (χ0) is 22.3. The number of carbonyl (C=O) groups is 1. The number of pyridine rings is 1. The first kappa shape index (κ1) is 20.5. The summed E-state index contributed by atoms with van der Waals surface area (Å²) in [4.78, 5) is 22.3. The van der Waals surface area contributed by atoms with Crippen LogP contribution < -0.4 is 5.73 Å². The van der Waals surface area contributed by atoms with Crippen LogP contribution in [0.4, 0.5) is 17.6 Å². The minimum Gasteiger partial charge on any atom is -0.369 e. The van der Waals surface area contributed by atoms with Crippen molar-refractivity contribution in [2.24, 2.45) is 10.7 Å². The molecule has 1 unspecified atom stereocenters. The number of nitrogens with zero attached hydrogens (tertiary/aromatic N) is 3. The van der Waals surface area contributed by atoms with Crippen molar-refractivity contribution in [3.63, 3.8) is 0 Å². The molecule has 0 saturated heterocycles. The van der Waals surface area contributed by atoms with Gasteiger partial charge in [-0.1, -0.05) is 24.3 Å². The van der Waals surface area contributed by atoms with Gasteiger partial charge in [-0.2, -0.15) is 0 Å². The Kier molecular flexibility index (Phi) is 4.96. The zero-order valence-electron chi connectivity index (χ0n) is 16.2. The highest BCUT2D eigenvalue weighted by molar-refractivity contribution is 6.09. The summed E-state index contributed by atoms with van der Waals surface area (Å²) >= 11 is 0. The number of halogens is 4. The van der Waals surface area contributed by atoms with Crippen molar-refractivity contribution >= 4 is 11.9 Å². The fraction of sp³-hybridized carbons (Fsp3) is 0.136. The van der Waals surface area contributed by atoms with Gasteiger partial charge in [-0.15, -0.1) is 0 Å². The molecule has 0 aliphatic carbocycles. The molecule has 0 saturated carbocycles. The van der Waals surface area contributed by atoms with Gasteiger partial charge in [0.2, 0.25) is 0 Å². The van der Waals surface area contributed by atoms with Gasteiger partial charge in [0.15, 0.2) is 11.5 Å². The van der Waals surface area contributed by atoms with Crippen LogP contribution in [-0.4, -0.2) is 28.8 Å². The van der Waals surface area contributed by atoms with Crippen molar-refractivity contribution in [2.45, 2.75) is 12.0 Å². The van der Waals surface area contributed by atoms with E-state index in [0.29, 0.717) is 0 Å². The van der Waals surface area contributed by atoms with Crippen LogP contribution in [0.5, 0.6) is 0 Å².